The van der Waals surface area contributed by atoms with Gasteiger partial charge in [0.05, 0.1) is 18.1 Å². The molecule has 0 radical (unpaired) electrons. The molecule has 0 spiro atoms. The van der Waals surface area contributed by atoms with E-state index in [2.05, 4.69) is 41.2 Å². The third-order valence-corrected chi connectivity index (χ3v) is 3.01. The number of ether oxygens (including phenoxy) is 1. The first-order valence-electron chi connectivity index (χ1n) is 5.87. The van der Waals surface area contributed by atoms with Gasteiger partial charge in [-0.15, -0.1) is 0 Å². The summed E-state index contributed by atoms with van der Waals surface area (Å²) < 4.78 is 5.21. The molecule has 3 nitrogen and oxygen atoms in total. The van der Waals surface area contributed by atoms with Crippen molar-refractivity contribution >= 4 is 11.0 Å². The van der Waals surface area contributed by atoms with Gasteiger partial charge in [0.15, 0.2) is 0 Å². The number of aromatic amines is 1. The van der Waals surface area contributed by atoms with Crippen molar-refractivity contribution in [2.24, 2.45) is 0 Å². The van der Waals surface area contributed by atoms with Crippen molar-refractivity contribution in [2.45, 2.75) is 6.92 Å². The van der Waals surface area contributed by atoms with E-state index in [1.54, 1.807) is 7.11 Å². The molecular formula is C15H14N2O. The lowest BCUT2D eigenvalue weighted by Gasteiger charge is -1.97. The number of nitrogens with zero attached hydrogens (tertiary/aromatic N) is 1. The minimum atomic E-state index is 0.835. The molecule has 3 aromatic rings. The highest BCUT2D eigenvalue weighted by Gasteiger charge is 2.05. The fourth-order valence-corrected chi connectivity index (χ4v) is 1.96. The largest absolute Gasteiger partial charge is 0.497 e. The number of nitrogens with one attached hydrogen (secondary N) is 1. The van der Waals surface area contributed by atoms with Crippen LogP contribution in [-0.2, 0) is 0 Å². The summed E-state index contributed by atoms with van der Waals surface area (Å²) in [6, 6.07) is 14.2. The molecule has 90 valence electrons. The summed E-state index contributed by atoms with van der Waals surface area (Å²) in [7, 11) is 1.67. The lowest BCUT2D eigenvalue weighted by atomic mass is 10.1. The highest BCUT2D eigenvalue weighted by Crippen LogP contribution is 2.23. The van der Waals surface area contributed by atoms with Crippen LogP contribution in [0.5, 0.6) is 5.75 Å². The summed E-state index contributed by atoms with van der Waals surface area (Å²) >= 11 is 0. The van der Waals surface area contributed by atoms with Crippen LogP contribution >= 0.6 is 0 Å². The van der Waals surface area contributed by atoms with E-state index in [9.17, 15) is 0 Å². The summed E-state index contributed by atoms with van der Waals surface area (Å²) in [5.41, 5.74) is 4.28. The third-order valence-electron chi connectivity index (χ3n) is 3.01. The lowest BCUT2D eigenvalue weighted by Crippen LogP contribution is -1.81. The number of fused-ring (bicyclic) bond motifs is 1. The Morgan fingerprint density at radius 3 is 2.56 bits per heavy atom. The van der Waals surface area contributed by atoms with Crippen molar-refractivity contribution in [1.82, 2.24) is 9.97 Å². The van der Waals surface area contributed by atoms with Crippen molar-refractivity contribution in [2.75, 3.05) is 7.11 Å². The summed E-state index contributed by atoms with van der Waals surface area (Å²) in [5, 5.41) is 0. The second-order valence-electron chi connectivity index (χ2n) is 4.33. The first-order chi connectivity index (χ1) is 8.76. The first kappa shape index (κ1) is 10.8. The lowest BCUT2D eigenvalue weighted by molar-refractivity contribution is 0.415. The van der Waals surface area contributed by atoms with E-state index in [1.165, 1.54) is 5.56 Å². The van der Waals surface area contributed by atoms with Gasteiger partial charge in [0, 0.05) is 11.6 Å². The molecule has 3 rings (SSSR count). The number of H-pyrrole nitrogens is 1. The smallest absolute Gasteiger partial charge is 0.138 e. The number of benzene rings is 2. The molecular weight excluding hydrogens is 224 g/mol. The van der Waals surface area contributed by atoms with E-state index < -0.39 is 0 Å². The van der Waals surface area contributed by atoms with Gasteiger partial charge in [-0.1, -0.05) is 29.8 Å². The zero-order chi connectivity index (χ0) is 12.5. The molecule has 1 heterocycles. The Bertz CT molecular complexity index is 683. The number of imidazole rings is 1. The minimum Gasteiger partial charge on any atom is -0.497 e. The van der Waals surface area contributed by atoms with E-state index in [-0.39, 0.29) is 0 Å². The Morgan fingerprint density at radius 1 is 1.06 bits per heavy atom. The Balaban J connectivity index is 2.10. The molecule has 0 aliphatic carbocycles. The molecule has 0 fully saturated rings. The molecule has 0 aliphatic rings. The highest BCUT2D eigenvalue weighted by atomic mass is 16.5. The van der Waals surface area contributed by atoms with Crippen LogP contribution in [0.1, 0.15) is 5.56 Å². The van der Waals surface area contributed by atoms with Crippen LogP contribution in [0.4, 0.5) is 0 Å². The Morgan fingerprint density at radius 2 is 1.83 bits per heavy atom. The summed E-state index contributed by atoms with van der Waals surface area (Å²) in [6.07, 6.45) is 0. The Kier molecular flexibility index (Phi) is 2.52. The number of methoxy groups -OCH3 is 1. The zero-order valence-electron chi connectivity index (χ0n) is 10.4. The molecule has 0 atom stereocenters. The molecule has 0 saturated heterocycles. The van der Waals surface area contributed by atoms with Crippen molar-refractivity contribution in [3.05, 3.63) is 48.0 Å². The van der Waals surface area contributed by atoms with Crippen LogP contribution in [0.2, 0.25) is 0 Å². The van der Waals surface area contributed by atoms with Crippen molar-refractivity contribution in [1.29, 1.82) is 0 Å². The molecule has 18 heavy (non-hydrogen) atoms. The topological polar surface area (TPSA) is 37.9 Å². The molecule has 1 N–H and O–H groups in total. The fourth-order valence-electron chi connectivity index (χ4n) is 1.96. The average Bonchev–Trinajstić information content (AvgIpc) is 2.82. The van der Waals surface area contributed by atoms with Gasteiger partial charge in [-0.25, -0.2) is 4.98 Å². The molecule has 1 aromatic heterocycles. The number of rotatable bonds is 2. The zero-order valence-corrected chi connectivity index (χ0v) is 10.4. The standard InChI is InChI=1S/C15H14N2O/c1-10-3-5-11(6-4-10)15-16-13-8-7-12(18-2)9-14(13)17-15/h3-9H,1-2H3,(H,16,17). The van der Waals surface area contributed by atoms with Crippen LogP contribution < -0.4 is 4.74 Å². The Labute approximate surface area is 105 Å². The Hall–Kier alpha value is -2.29. The van der Waals surface area contributed by atoms with Gasteiger partial charge in [-0.05, 0) is 19.1 Å². The summed E-state index contributed by atoms with van der Waals surface area (Å²) in [4.78, 5) is 7.89. The summed E-state index contributed by atoms with van der Waals surface area (Å²) in [5.74, 6) is 1.72. The number of hydrogen-bond acceptors (Lipinski definition) is 2. The second kappa shape index (κ2) is 4.18. The van der Waals surface area contributed by atoms with Crippen LogP contribution in [0.3, 0.4) is 0 Å². The average molecular weight is 238 g/mol. The van der Waals surface area contributed by atoms with E-state index in [4.69, 9.17) is 4.74 Å². The van der Waals surface area contributed by atoms with Crippen LogP contribution in [0.15, 0.2) is 42.5 Å². The van der Waals surface area contributed by atoms with Crippen molar-refractivity contribution in [3.63, 3.8) is 0 Å². The fraction of sp³-hybridized carbons (Fsp3) is 0.133. The van der Waals surface area contributed by atoms with Gasteiger partial charge < -0.3 is 9.72 Å². The van der Waals surface area contributed by atoms with Crippen molar-refractivity contribution < 1.29 is 4.74 Å². The maximum atomic E-state index is 5.21. The second-order valence-corrected chi connectivity index (χ2v) is 4.33. The number of aryl methyl sites for hydroxylation is 1. The molecule has 0 aliphatic heterocycles. The quantitative estimate of drug-likeness (QED) is 0.741. The number of aromatic nitrogens is 2. The highest BCUT2D eigenvalue weighted by molar-refractivity contribution is 5.80. The molecule has 0 saturated carbocycles. The van der Waals surface area contributed by atoms with Crippen LogP contribution in [-0.4, -0.2) is 17.1 Å². The van der Waals surface area contributed by atoms with Gasteiger partial charge in [0.1, 0.15) is 11.6 Å². The SMILES string of the molecule is COc1ccc2nc(-c3ccc(C)cc3)[nH]c2c1. The summed E-state index contributed by atoms with van der Waals surface area (Å²) in [6.45, 7) is 2.08. The van der Waals surface area contributed by atoms with Gasteiger partial charge in [0.25, 0.3) is 0 Å². The van der Waals surface area contributed by atoms with Crippen LogP contribution in [0, 0.1) is 6.92 Å². The third kappa shape index (κ3) is 1.84. The normalized spacial score (nSPS) is 10.8. The predicted octanol–water partition coefficient (Wildman–Crippen LogP) is 3.55. The minimum absolute atomic E-state index is 0.835. The van der Waals surface area contributed by atoms with Gasteiger partial charge in [0.2, 0.25) is 0 Å². The molecule has 0 bridgehead atoms. The monoisotopic (exact) mass is 238 g/mol. The molecule has 2 aromatic carbocycles. The molecule has 3 heteroatoms. The van der Waals surface area contributed by atoms with Gasteiger partial charge in [-0.2, -0.15) is 0 Å². The van der Waals surface area contributed by atoms with E-state index in [0.717, 1.165) is 28.2 Å². The molecule has 0 amide bonds. The maximum absolute atomic E-state index is 5.21. The van der Waals surface area contributed by atoms with E-state index >= 15 is 0 Å². The predicted molar refractivity (Wildman–Crippen MR) is 72.8 cm³/mol. The number of hydrogen-bond donors (Lipinski definition) is 1. The first-order valence-corrected chi connectivity index (χ1v) is 5.87. The van der Waals surface area contributed by atoms with Crippen LogP contribution in [0.25, 0.3) is 22.4 Å². The van der Waals surface area contributed by atoms with E-state index in [0.29, 0.717) is 0 Å². The van der Waals surface area contributed by atoms with Gasteiger partial charge >= 0.3 is 0 Å². The maximum Gasteiger partial charge on any atom is 0.138 e. The van der Waals surface area contributed by atoms with Gasteiger partial charge in [-0.3, -0.25) is 0 Å². The molecule has 0 unspecified atom stereocenters. The van der Waals surface area contributed by atoms with Crippen molar-refractivity contribution in [3.8, 4) is 17.1 Å². The van der Waals surface area contributed by atoms with E-state index in [1.807, 2.05) is 18.2 Å².